The van der Waals surface area contributed by atoms with E-state index in [0.29, 0.717) is 5.69 Å². The van der Waals surface area contributed by atoms with Gasteiger partial charge in [-0.25, -0.2) is 4.39 Å². The van der Waals surface area contributed by atoms with Gasteiger partial charge in [-0.1, -0.05) is 17.7 Å². The van der Waals surface area contributed by atoms with Gasteiger partial charge < -0.3 is 14.5 Å². The van der Waals surface area contributed by atoms with Crippen molar-refractivity contribution in [3.05, 3.63) is 58.9 Å². The SMILES string of the molecule is CN1CCC(Oc2cccc(N(C)C(=O)c3ccc(F)cc3Cl)c2)CC1. The number of carbonyl (C=O) groups is 1. The largest absolute Gasteiger partial charge is 0.490 e. The zero-order valence-corrected chi connectivity index (χ0v) is 15.7. The molecule has 0 atom stereocenters. The smallest absolute Gasteiger partial charge is 0.259 e. The number of hydrogen-bond acceptors (Lipinski definition) is 3. The third-order valence-corrected chi connectivity index (χ3v) is 4.95. The average Bonchev–Trinajstić information content (AvgIpc) is 2.63. The second-order valence-corrected chi connectivity index (χ2v) is 7.01. The van der Waals surface area contributed by atoms with E-state index in [4.69, 9.17) is 16.3 Å². The summed E-state index contributed by atoms with van der Waals surface area (Å²) in [7, 11) is 3.77. The predicted octanol–water partition coefficient (Wildman–Crippen LogP) is 4.23. The monoisotopic (exact) mass is 376 g/mol. The molecular weight excluding hydrogens is 355 g/mol. The molecule has 138 valence electrons. The van der Waals surface area contributed by atoms with Gasteiger partial charge in [0.15, 0.2) is 0 Å². The number of hydrogen-bond donors (Lipinski definition) is 0. The molecule has 1 aliphatic rings. The van der Waals surface area contributed by atoms with Crippen molar-refractivity contribution in [1.29, 1.82) is 0 Å². The molecule has 0 N–H and O–H groups in total. The van der Waals surface area contributed by atoms with Gasteiger partial charge in [0, 0.05) is 31.9 Å². The van der Waals surface area contributed by atoms with Crippen LogP contribution in [0.1, 0.15) is 23.2 Å². The molecule has 1 saturated heterocycles. The van der Waals surface area contributed by atoms with E-state index >= 15 is 0 Å². The summed E-state index contributed by atoms with van der Waals surface area (Å²) in [4.78, 5) is 16.5. The van der Waals surface area contributed by atoms with E-state index in [1.54, 1.807) is 7.05 Å². The molecule has 4 nitrogen and oxygen atoms in total. The van der Waals surface area contributed by atoms with Crippen molar-refractivity contribution in [1.82, 2.24) is 4.90 Å². The normalized spacial score (nSPS) is 15.7. The molecule has 0 aromatic heterocycles. The Morgan fingerprint density at radius 2 is 1.96 bits per heavy atom. The zero-order valence-electron chi connectivity index (χ0n) is 14.9. The lowest BCUT2D eigenvalue weighted by Crippen LogP contribution is -2.35. The molecule has 26 heavy (non-hydrogen) atoms. The van der Waals surface area contributed by atoms with Crippen LogP contribution in [0.2, 0.25) is 5.02 Å². The lowest BCUT2D eigenvalue weighted by atomic mass is 10.1. The van der Waals surface area contributed by atoms with Gasteiger partial charge in [0.2, 0.25) is 0 Å². The highest BCUT2D eigenvalue weighted by Gasteiger charge is 2.20. The standard InChI is InChI=1S/C20H22ClFN2O2/c1-23-10-8-16(9-11-23)26-17-5-3-4-15(13-17)24(2)20(25)18-7-6-14(22)12-19(18)21/h3-7,12-13,16H,8-11H2,1-2H3. The molecule has 0 bridgehead atoms. The number of likely N-dealkylation sites (tertiary alicyclic amines) is 1. The fourth-order valence-corrected chi connectivity index (χ4v) is 3.27. The van der Waals surface area contributed by atoms with Crippen LogP contribution in [-0.2, 0) is 0 Å². The molecule has 0 saturated carbocycles. The quantitative estimate of drug-likeness (QED) is 0.800. The summed E-state index contributed by atoms with van der Waals surface area (Å²) < 4.78 is 19.3. The first-order valence-corrected chi connectivity index (χ1v) is 9.00. The van der Waals surface area contributed by atoms with E-state index in [2.05, 4.69) is 11.9 Å². The molecule has 1 amide bonds. The van der Waals surface area contributed by atoms with Crippen LogP contribution in [0.15, 0.2) is 42.5 Å². The summed E-state index contributed by atoms with van der Waals surface area (Å²) >= 11 is 6.01. The third kappa shape index (κ3) is 4.34. The second-order valence-electron chi connectivity index (χ2n) is 6.61. The first-order valence-electron chi connectivity index (χ1n) is 8.62. The summed E-state index contributed by atoms with van der Waals surface area (Å²) in [6, 6.07) is 11.2. The van der Waals surface area contributed by atoms with Crippen molar-refractivity contribution in [3.8, 4) is 5.75 Å². The van der Waals surface area contributed by atoms with Crippen LogP contribution in [-0.4, -0.2) is 44.1 Å². The van der Waals surface area contributed by atoms with Crippen LogP contribution in [0.25, 0.3) is 0 Å². The van der Waals surface area contributed by atoms with Crippen LogP contribution < -0.4 is 9.64 Å². The minimum atomic E-state index is -0.470. The molecule has 1 heterocycles. The number of carbonyl (C=O) groups excluding carboxylic acids is 1. The minimum Gasteiger partial charge on any atom is -0.490 e. The lowest BCUT2D eigenvalue weighted by molar-refractivity contribution is 0.0993. The number of rotatable bonds is 4. The van der Waals surface area contributed by atoms with Gasteiger partial charge in [0.25, 0.3) is 5.91 Å². The van der Waals surface area contributed by atoms with Gasteiger partial charge in [-0.15, -0.1) is 0 Å². The maximum absolute atomic E-state index is 13.2. The van der Waals surface area contributed by atoms with Crippen LogP contribution in [0.4, 0.5) is 10.1 Å². The second kappa shape index (κ2) is 8.06. The summed E-state index contributed by atoms with van der Waals surface area (Å²) in [5, 5.41) is 0.0978. The van der Waals surface area contributed by atoms with E-state index in [9.17, 15) is 9.18 Å². The summed E-state index contributed by atoms with van der Waals surface area (Å²) in [5.41, 5.74) is 0.957. The van der Waals surface area contributed by atoms with Crippen molar-refractivity contribution >= 4 is 23.2 Å². The highest BCUT2D eigenvalue weighted by Crippen LogP contribution is 2.26. The molecule has 0 spiro atoms. The topological polar surface area (TPSA) is 32.8 Å². The summed E-state index contributed by atoms with van der Waals surface area (Å²) in [6.45, 7) is 2.04. The fourth-order valence-electron chi connectivity index (χ4n) is 3.02. The summed E-state index contributed by atoms with van der Waals surface area (Å²) in [5.74, 6) is -0.0314. The number of nitrogens with zero attached hydrogens (tertiary/aromatic N) is 2. The molecule has 3 rings (SSSR count). The van der Waals surface area contributed by atoms with E-state index in [-0.39, 0.29) is 22.6 Å². The molecule has 2 aromatic carbocycles. The predicted molar refractivity (Wildman–Crippen MR) is 102 cm³/mol. The van der Waals surface area contributed by atoms with Crippen LogP contribution in [0.3, 0.4) is 0 Å². The van der Waals surface area contributed by atoms with Gasteiger partial charge >= 0.3 is 0 Å². The highest BCUT2D eigenvalue weighted by molar-refractivity contribution is 6.34. The van der Waals surface area contributed by atoms with Crippen LogP contribution in [0, 0.1) is 5.82 Å². The number of benzene rings is 2. The van der Waals surface area contributed by atoms with Crippen LogP contribution in [0.5, 0.6) is 5.75 Å². The number of amides is 1. The van der Waals surface area contributed by atoms with Crippen molar-refractivity contribution in [2.45, 2.75) is 18.9 Å². The van der Waals surface area contributed by atoms with Crippen molar-refractivity contribution in [2.75, 3.05) is 32.1 Å². The van der Waals surface area contributed by atoms with Crippen molar-refractivity contribution in [2.24, 2.45) is 0 Å². The Kier molecular flexibility index (Phi) is 5.79. The molecule has 6 heteroatoms. The highest BCUT2D eigenvalue weighted by atomic mass is 35.5. The molecule has 0 aliphatic carbocycles. The molecular formula is C20H22ClFN2O2. The first-order chi connectivity index (χ1) is 12.4. The maximum atomic E-state index is 13.2. The molecule has 2 aromatic rings. The molecule has 1 aliphatic heterocycles. The zero-order chi connectivity index (χ0) is 18.7. The first kappa shape index (κ1) is 18.7. The Morgan fingerprint density at radius 3 is 2.65 bits per heavy atom. The maximum Gasteiger partial charge on any atom is 0.259 e. The number of anilines is 1. The molecule has 0 radical (unpaired) electrons. The van der Waals surface area contributed by atoms with Crippen molar-refractivity contribution < 1.29 is 13.9 Å². The Morgan fingerprint density at radius 1 is 1.23 bits per heavy atom. The van der Waals surface area contributed by atoms with Gasteiger partial charge in [-0.2, -0.15) is 0 Å². The van der Waals surface area contributed by atoms with Gasteiger partial charge in [0.05, 0.1) is 10.6 Å². The van der Waals surface area contributed by atoms with Gasteiger partial charge in [-0.05, 0) is 50.2 Å². The van der Waals surface area contributed by atoms with Crippen molar-refractivity contribution in [3.63, 3.8) is 0 Å². The molecule has 0 unspecified atom stereocenters. The average molecular weight is 377 g/mol. The Bertz CT molecular complexity index is 791. The van der Waals surface area contributed by atoms with E-state index < -0.39 is 5.82 Å². The third-order valence-electron chi connectivity index (χ3n) is 4.64. The number of ether oxygens (including phenoxy) is 1. The summed E-state index contributed by atoms with van der Waals surface area (Å²) in [6.07, 6.45) is 2.16. The van der Waals surface area contributed by atoms with E-state index in [0.717, 1.165) is 37.7 Å². The lowest BCUT2D eigenvalue weighted by Gasteiger charge is -2.29. The fraction of sp³-hybridized carbons (Fsp3) is 0.350. The number of piperidine rings is 1. The minimum absolute atomic E-state index is 0.0978. The van der Waals surface area contributed by atoms with Gasteiger partial charge in [0.1, 0.15) is 17.7 Å². The van der Waals surface area contributed by atoms with E-state index in [1.807, 2.05) is 24.3 Å². The Hall–Kier alpha value is -2.11. The molecule has 1 fully saturated rings. The number of halogens is 2. The van der Waals surface area contributed by atoms with Gasteiger partial charge in [-0.3, -0.25) is 4.79 Å². The van der Waals surface area contributed by atoms with Crippen LogP contribution >= 0.6 is 11.6 Å². The Balaban J connectivity index is 1.73. The van der Waals surface area contributed by atoms with E-state index in [1.165, 1.54) is 17.0 Å². The Labute approximate surface area is 158 Å².